The van der Waals surface area contributed by atoms with E-state index >= 15 is 0 Å². The minimum atomic E-state index is -6.16. The summed E-state index contributed by atoms with van der Waals surface area (Å²) in [5, 5.41) is 36.5. The van der Waals surface area contributed by atoms with Crippen molar-refractivity contribution in [3.8, 4) is 0 Å². The largest absolute Gasteiger partial charge is 0.490 e. The van der Waals surface area contributed by atoms with Crippen molar-refractivity contribution in [1.29, 1.82) is 0 Å². The molecule has 3 fully saturated rings. The number of phosphoric ester groups is 2. The quantitative estimate of drug-likeness (QED) is 0.0230. The normalized spacial score (nSPS) is 28.8. The van der Waals surface area contributed by atoms with Crippen molar-refractivity contribution < 1.29 is 104 Å². The van der Waals surface area contributed by atoms with Gasteiger partial charge < -0.3 is 80.0 Å². The second kappa shape index (κ2) is 23.5. The highest BCUT2D eigenvalue weighted by Crippen LogP contribution is 2.68. The van der Waals surface area contributed by atoms with E-state index in [0.29, 0.717) is 6.54 Å². The summed E-state index contributed by atoms with van der Waals surface area (Å²) < 4.78 is 107. The Balaban J connectivity index is 0.872. The van der Waals surface area contributed by atoms with Gasteiger partial charge in [-0.05, 0) is 13.3 Å². The molecule has 9 rings (SSSR count). The summed E-state index contributed by atoms with van der Waals surface area (Å²) in [6, 6.07) is 0. The molecular weight excluding hydrogens is 1180 g/mol. The molecule has 16 atom stereocenters. The van der Waals surface area contributed by atoms with Crippen molar-refractivity contribution in [2.45, 2.75) is 86.8 Å². The predicted octanol–water partition coefficient (Wildman–Crippen LogP) is -2.67. The number of nitrogen functional groups attached to an aromatic ring is 2. The third-order valence-electron chi connectivity index (χ3n) is 13.4. The molecular formula is C39H57N16O23P4+. The van der Waals surface area contributed by atoms with Crippen LogP contribution in [0, 0.1) is 5.92 Å². The number of carbonyl (C=O) groups is 1. The Labute approximate surface area is 459 Å². The van der Waals surface area contributed by atoms with Gasteiger partial charge in [-0.15, -0.1) is 0 Å². The van der Waals surface area contributed by atoms with Crippen LogP contribution in [0.5, 0.6) is 0 Å². The molecule has 6 aromatic rings. The highest BCUT2D eigenvalue weighted by Gasteiger charge is 2.57. The van der Waals surface area contributed by atoms with E-state index in [1.54, 1.807) is 6.92 Å². The number of anilines is 3. The fourth-order valence-corrected chi connectivity index (χ4v) is 15.0. The Bertz CT molecular complexity index is 3690. The van der Waals surface area contributed by atoms with Gasteiger partial charge in [-0.25, -0.2) is 38.2 Å². The minimum absolute atomic E-state index is 0.0266. The summed E-state index contributed by atoms with van der Waals surface area (Å²) in [5.41, 5.74) is 8.51. The number of nitrogens with two attached hydrogens (primary N) is 2. The lowest BCUT2D eigenvalue weighted by Gasteiger charge is -2.28. The lowest BCUT2D eigenvalue weighted by Crippen LogP contribution is -2.45. The molecule has 3 saturated heterocycles. The van der Waals surface area contributed by atoms with Gasteiger partial charge in [0, 0.05) is 40.1 Å². The van der Waals surface area contributed by atoms with Crippen LogP contribution < -0.4 is 32.5 Å². The van der Waals surface area contributed by atoms with E-state index in [9.17, 15) is 67.5 Å². The zero-order valence-corrected chi connectivity index (χ0v) is 47.1. The Morgan fingerprint density at radius 2 is 1.46 bits per heavy atom. The number of hydrogen-bond acceptors (Lipinski definition) is 28. The molecule has 0 saturated carbocycles. The first-order chi connectivity index (χ1) is 38.5. The molecule has 82 heavy (non-hydrogen) atoms. The number of ether oxygens (including phenoxy) is 4. The summed E-state index contributed by atoms with van der Waals surface area (Å²) in [6.45, 7) is -0.825. The van der Waals surface area contributed by atoms with E-state index < -0.39 is 154 Å². The van der Waals surface area contributed by atoms with Gasteiger partial charge in [0.1, 0.15) is 48.0 Å². The van der Waals surface area contributed by atoms with Crippen LogP contribution >= 0.6 is 31.1 Å². The number of imidazole rings is 3. The molecule has 0 spiro atoms. The van der Waals surface area contributed by atoms with E-state index in [1.165, 1.54) is 52.4 Å². The molecule has 3 aliphatic heterocycles. The van der Waals surface area contributed by atoms with Crippen LogP contribution in [0.15, 0.2) is 34.9 Å². The zero-order valence-electron chi connectivity index (χ0n) is 43.5. The van der Waals surface area contributed by atoms with Crippen LogP contribution in [-0.2, 0) is 71.2 Å². The van der Waals surface area contributed by atoms with Crippen LogP contribution in [0.1, 0.15) is 38.4 Å². The number of aliphatic hydroxyl groups is 3. The smallest absolute Gasteiger partial charge is 0.387 e. The van der Waals surface area contributed by atoms with Crippen LogP contribution in [0.25, 0.3) is 33.5 Å². The van der Waals surface area contributed by atoms with E-state index in [2.05, 4.69) is 53.8 Å². The number of H-pyrrole nitrogens is 2. The molecule has 6 aromatic heterocycles. The number of hydrogen-bond donors (Lipinski definition) is 12. The third kappa shape index (κ3) is 12.3. The number of nitrogens with zero attached hydrogens (tertiary/aromatic N) is 11. The zero-order chi connectivity index (χ0) is 59.5. The maximum absolute atomic E-state index is 14.5. The third-order valence-corrected chi connectivity index (χ3v) is 19.6. The van der Waals surface area contributed by atoms with Gasteiger partial charge in [0.2, 0.25) is 23.6 Å². The Hall–Kier alpha value is -5.60. The maximum Gasteiger partial charge on any atom is 0.490 e. The average molecular weight is 1240 g/mol. The second-order valence-electron chi connectivity index (χ2n) is 19.0. The highest BCUT2D eigenvalue weighted by molar-refractivity contribution is 7.66. The molecule has 1 amide bonds. The SMILES string of the molecule is CCNc1nc2c(c(=O)[nH]1)n(C)c[n+]2C1O[C@H](COP(=O)(O)OP(=O)(O)OP(=O)(O)OCC[C@H]2O[C@@H](n3cnc4c(N)ncnc43)[C@H](OC)[C@@H]2P(=O)(O)OC[C@H]2O[C@@H](n3cnc4c(=O)[nH]c(N)nc43)[C@H](O)[C@@H]2O)[C@@H](CC(=O)N(C)C)[C@H]1O. The van der Waals surface area contributed by atoms with E-state index in [1.807, 2.05) is 0 Å². The van der Waals surface area contributed by atoms with Crippen LogP contribution in [0.4, 0.5) is 17.7 Å². The van der Waals surface area contributed by atoms with Gasteiger partial charge in [-0.1, -0.05) is 4.98 Å². The molecule has 9 heterocycles. The molecule has 14 N–H and O–H groups in total. The molecule has 43 heteroatoms. The van der Waals surface area contributed by atoms with Gasteiger partial charge in [-0.2, -0.15) is 13.6 Å². The fourth-order valence-electron chi connectivity index (χ4n) is 9.67. The monoisotopic (exact) mass is 1240 g/mol. The summed E-state index contributed by atoms with van der Waals surface area (Å²) in [6.07, 6.45) is -11.8. The molecule has 0 aliphatic carbocycles. The first-order valence-corrected chi connectivity index (χ1v) is 30.5. The number of aromatic nitrogens is 12. The number of aliphatic hydroxyl groups excluding tert-OH is 3. The second-order valence-corrected chi connectivity index (χ2v) is 25.6. The number of fused-ring (bicyclic) bond motifs is 3. The predicted molar refractivity (Wildman–Crippen MR) is 273 cm³/mol. The first-order valence-electron chi connectivity index (χ1n) is 24.3. The van der Waals surface area contributed by atoms with Crippen LogP contribution in [0.3, 0.4) is 0 Å². The number of phosphoric acid groups is 3. The van der Waals surface area contributed by atoms with Gasteiger partial charge in [-0.3, -0.25) is 51.7 Å². The van der Waals surface area contributed by atoms with E-state index in [-0.39, 0.29) is 51.2 Å². The standard InChI is InChI=1S/C39H56N16O23P4/c1-6-42-39-48-32-23(34(61)50-39)52(4)15-55(32)35-24(57)16(9-20(56)51(2)3)18(75-35)10-73-81(66,67)78-82(68,69)77-80(64,65)71-8-7-17-28(27(70-5)37(74-17)53-13-45-21-29(40)43-12-44-30(21)53)79(62,63)72-11-19-25(58)26(59)36(76-19)54-14-46-22-31(54)47-38(41)49-33(22)60/h12-19,24-28,35-37,57-59H,6-11H2,1-5H3,(H10-,40,41,42,43,44,47,48,49,50,60,61,62,63,64,65,66,67,68,69)/p+1/t16-,17-,18-,19-,24-,25-,26-,27-,28-,35?,36-,37-/m1/s1. The first kappa shape index (κ1) is 61.0. The van der Waals surface area contributed by atoms with Crippen LogP contribution in [-0.4, -0.2) is 195 Å². The topological polar surface area (TPSA) is 539 Å². The maximum atomic E-state index is 14.5. The number of aryl methyl sites for hydroxylation is 1. The summed E-state index contributed by atoms with van der Waals surface area (Å²) >= 11 is 0. The van der Waals surface area contributed by atoms with Crippen LogP contribution in [0.2, 0.25) is 0 Å². The number of methoxy groups -OCH3 is 1. The van der Waals surface area contributed by atoms with E-state index in [4.69, 9.17) is 44.0 Å². The molecule has 39 nitrogen and oxygen atoms in total. The van der Waals surface area contributed by atoms with Gasteiger partial charge in [0.15, 0.2) is 41.4 Å². The van der Waals surface area contributed by atoms with Crippen molar-refractivity contribution in [2.24, 2.45) is 13.0 Å². The van der Waals surface area contributed by atoms with Gasteiger partial charge in [0.25, 0.3) is 17.1 Å². The Morgan fingerprint density at radius 3 is 2.15 bits per heavy atom. The molecule has 450 valence electrons. The van der Waals surface area contributed by atoms with E-state index in [0.717, 1.165) is 24.3 Å². The molecule has 5 unspecified atom stereocenters. The average Bonchev–Trinajstić information content (AvgIpc) is 4.28. The van der Waals surface area contributed by atoms with Crippen molar-refractivity contribution >= 4 is 88.2 Å². The van der Waals surface area contributed by atoms with Gasteiger partial charge in [0.05, 0.1) is 51.7 Å². The number of carbonyl (C=O) groups excluding carboxylic acids is 1. The molecule has 0 aromatic carbocycles. The summed E-state index contributed by atoms with van der Waals surface area (Å²) in [7, 11) is -17.5. The van der Waals surface area contributed by atoms with Crippen molar-refractivity contribution in [3.05, 3.63) is 46.0 Å². The van der Waals surface area contributed by atoms with Crippen molar-refractivity contribution in [1.82, 2.24) is 58.5 Å². The molecule has 0 bridgehead atoms. The van der Waals surface area contributed by atoms with Crippen molar-refractivity contribution in [3.63, 3.8) is 0 Å². The Morgan fingerprint density at radius 1 is 0.805 bits per heavy atom. The van der Waals surface area contributed by atoms with Gasteiger partial charge >= 0.3 is 36.7 Å². The number of aromatic amines is 2. The molecule has 3 aliphatic rings. The lowest BCUT2D eigenvalue weighted by atomic mass is 9.94. The fraction of sp³-hybridized carbons (Fsp3) is 0.590. The number of nitrogens with one attached hydrogen (secondary N) is 3. The number of rotatable bonds is 23. The minimum Gasteiger partial charge on any atom is -0.387 e. The lowest BCUT2D eigenvalue weighted by molar-refractivity contribution is -0.745. The highest BCUT2D eigenvalue weighted by atomic mass is 31.3. The van der Waals surface area contributed by atoms with Crippen molar-refractivity contribution in [2.75, 3.05) is 64.4 Å². The Kier molecular flexibility index (Phi) is 17.4. The number of amides is 1. The summed E-state index contributed by atoms with van der Waals surface area (Å²) in [5.74, 6) is -2.02. The summed E-state index contributed by atoms with van der Waals surface area (Å²) in [4.78, 5) is 113. The molecule has 0 radical (unpaired) electrons.